The SMILES string of the molecule is Cc1nc(C2(NS(=O)(=O)c3cc(C(N)=O)n(C)c3)CCCCCC2)no1. The molecule has 2 aromatic rings. The van der Waals surface area contributed by atoms with E-state index in [1.165, 1.54) is 16.8 Å². The van der Waals surface area contributed by atoms with Crippen molar-refractivity contribution in [2.75, 3.05) is 0 Å². The zero-order chi connectivity index (χ0) is 18.9. The second-order valence-corrected chi connectivity index (χ2v) is 8.46. The maximum absolute atomic E-state index is 13.0. The number of nitrogens with two attached hydrogens (primary N) is 1. The first-order valence-electron chi connectivity index (χ1n) is 8.54. The lowest BCUT2D eigenvalue weighted by atomic mass is 9.91. The molecule has 1 aliphatic carbocycles. The van der Waals surface area contributed by atoms with Crippen LogP contribution in [0, 0.1) is 6.92 Å². The van der Waals surface area contributed by atoms with E-state index >= 15 is 0 Å². The fraction of sp³-hybridized carbons (Fsp3) is 0.562. The molecule has 0 radical (unpaired) electrons. The number of nitrogens with one attached hydrogen (secondary N) is 1. The number of primary amides is 1. The Kier molecular flexibility index (Phi) is 4.89. The second kappa shape index (κ2) is 6.84. The van der Waals surface area contributed by atoms with E-state index in [0.29, 0.717) is 24.6 Å². The van der Waals surface area contributed by atoms with Crippen LogP contribution in [0.15, 0.2) is 21.7 Å². The molecule has 2 heterocycles. The van der Waals surface area contributed by atoms with Crippen LogP contribution in [0.5, 0.6) is 0 Å². The molecule has 1 fully saturated rings. The van der Waals surface area contributed by atoms with E-state index in [4.69, 9.17) is 10.3 Å². The Morgan fingerprint density at radius 3 is 2.46 bits per heavy atom. The van der Waals surface area contributed by atoms with Crippen LogP contribution < -0.4 is 10.5 Å². The molecule has 2 aromatic heterocycles. The van der Waals surface area contributed by atoms with Crippen molar-refractivity contribution in [3.63, 3.8) is 0 Å². The topological polar surface area (TPSA) is 133 Å². The standard InChI is InChI=1S/C16H23N5O4S/c1-11-18-15(19-25-11)16(7-5-3-4-6-8-16)20-26(23,24)12-9-13(14(17)22)21(2)10-12/h9-10,20H,3-8H2,1-2H3,(H2,17,22). The monoisotopic (exact) mass is 381 g/mol. The molecule has 10 heteroatoms. The van der Waals surface area contributed by atoms with Crippen LogP contribution in [0.1, 0.15) is 60.7 Å². The summed E-state index contributed by atoms with van der Waals surface area (Å²) in [6.07, 6.45) is 6.31. The molecule has 0 bridgehead atoms. The third-order valence-corrected chi connectivity index (χ3v) is 6.29. The summed E-state index contributed by atoms with van der Waals surface area (Å²) in [6, 6.07) is 1.27. The number of carbonyl (C=O) groups is 1. The lowest BCUT2D eigenvalue weighted by Gasteiger charge is -2.30. The smallest absolute Gasteiger partial charge is 0.265 e. The number of nitrogens with zero attached hydrogens (tertiary/aromatic N) is 3. The highest BCUT2D eigenvalue weighted by atomic mass is 32.2. The molecule has 0 aliphatic heterocycles. The molecule has 0 atom stereocenters. The summed E-state index contributed by atoms with van der Waals surface area (Å²) >= 11 is 0. The van der Waals surface area contributed by atoms with Gasteiger partial charge in [-0.05, 0) is 18.9 Å². The molecule has 9 nitrogen and oxygen atoms in total. The highest BCUT2D eigenvalue weighted by Gasteiger charge is 2.41. The predicted octanol–water partition coefficient (Wildman–Crippen LogP) is 1.34. The fourth-order valence-corrected chi connectivity index (χ4v) is 4.93. The van der Waals surface area contributed by atoms with E-state index in [1.54, 1.807) is 14.0 Å². The molecule has 1 aliphatic rings. The minimum absolute atomic E-state index is 0.0161. The fourth-order valence-electron chi connectivity index (χ4n) is 3.44. The number of hydrogen-bond acceptors (Lipinski definition) is 6. The number of aryl methyl sites for hydroxylation is 2. The third kappa shape index (κ3) is 3.51. The van der Waals surface area contributed by atoms with Gasteiger partial charge in [0.15, 0.2) is 5.82 Å². The largest absolute Gasteiger partial charge is 0.364 e. The Labute approximate surface area is 152 Å². The summed E-state index contributed by atoms with van der Waals surface area (Å²) in [7, 11) is -2.34. The van der Waals surface area contributed by atoms with E-state index in [2.05, 4.69) is 14.9 Å². The van der Waals surface area contributed by atoms with E-state index in [0.717, 1.165) is 25.7 Å². The van der Waals surface area contributed by atoms with Crippen LogP contribution in [-0.2, 0) is 22.6 Å². The van der Waals surface area contributed by atoms with E-state index in [9.17, 15) is 13.2 Å². The van der Waals surface area contributed by atoms with Crippen LogP contribution in [-0.4, -0.2) is 29.0 Å². The number of hydrogen-bond donors (Lipinski definition) is 2. The molecule has 26 heavy (non-hydrogen) atoms. The van der Waals surface area contributed by atoms with Gasteiger partial charge in [-0.3, -0.25) is 4.79 Å². The van der Waals surface area contributed by atoms with Crippen molar-refractivity contribution in [1.29, 1.82) is 0 Å². The lowest BCUT2D eigenvalue weighted by molar-refractivity contribution is 0.0992. The Balaban J connectivity index is 2.00. The first-order chi connectivity index (χ1) is 12.2. The minimum atomic E-state index is -3.91. The molecular formula is C16H23N5O4S. The third-order valence-electron chi connectivity index (χ3n) is 4.79. The Hall–Kier alpha value is -2.20. The normalized spacial score (nSPS) is 17.8. The van der Waals surface area contributed by atoms with Gasteiger partial charge in [-0.25, -0.2) is 8.42 Å². The van der Waals surface area contributed by atoms with Gasteiger partial charge in [0, 0.05) is 20.2 Å². The summed E-state index contributed by atoms with van der Waals surface area (Å²) in [6.45, 7) is 1.67. The van der Waals surface area contributed by atoms with Gasteiger partial charge in [-0.2, -0.15) is 9.71 Å². The van der Waals surface area contributed by atoms with Crippen LogP contribution >= 0.6 is 0 Å². The van der Waals surface area contributed by atoms with Crippen molar-refractivity contribution in [1.82, 2.24) is 19.4 Å². The van der Waals surface area contributed by atoms with E-state index in [1.807, 2.05) is 0 Å². The summed E-state index contributed by atoms with van der Waals surface area (Å²) in [5, 5.41) is 3.99. The number of sulfonamides is 1. The molecule has 0 spiro atoms. The van der Waals surface area contributed by atoms with Gasteiger partial charge in [0.05, 0.1) is 5.54 Å². The Bertz CT molecular complexity index is 907. The van der Waals surface area contributed by atoms with Crippen LogP contribution in [0.25, 0.3) is 0 Å². The second-order valence-electron chi connectivity index (χ2n) is 6.78. The Morgan fingerprint density at radius 2 is 1.96 bits per heavy atom. The van der Waals surface area contributed by atoms with Gasteiger partial charge in [0.25, 0.3) is 5.91 Å². The van der Waals surface area contributed by atoms with Gasteiger partial charge >= 0.3 is 0 Å². The first kappa shape index (κ1) is 18.6. The van der Waals surface area contributed by atoms with Crippen molar-refractivity contribution >= 4 is 15.9 Å². The zero-order valence-electron chi connectivity index (χ0n) is 14.9. The molecule has 0 aromatic carbocycles. The van der Waals surface area contributed by atoms with Gasteiger partial charge in [-0.15, -0.1) is 0 Å². The van der Waals surface area contributed by atoms with Crippen molar-refractivity contribution in [3.05, 3.63) is 29.7 Å². The van der Waals surface area contributed by atoms with E-state index < -0.39 is 21.5 Å². The van der Waals surface area contributed by atoms with Crippen LogP contribution in [0.3, 0.4) is 0 Å². The molecule has 3 rings (SSSR count). The minimum Gasteiger partial charge on any atom is -0.364 e. The van der Waals surface area contributed by atoms with Gasteiger partial charge < -0.3 is 14.8 Å². The van der Waals surface area contributed by atoms with Crippen LogP contribution in [0.2, 0.25) is 0 Å². The number of rotatable bonds is 5. The number of amides is 1. The van der Waals surface area contributed by atoms with Crippen molar-refractivity contribution in [2.45, 2.75) is 55.9 Å². The van der Waals surface area contributed by atoms with E-state index in [-0.39, 0.29) is 10.6 Å². The van der Waals surface area contributed by atoms with Crippen LogP contribution in [0.4, 0.5) is 0 Å². The quantitative estimate of drug-likeness (QED) is 0.751. The maximum Gasteiger partial charge on any atom is 0.265 e. The number of carbonyl (C=O) groups excluding carboxylic acids is 1. The van der Waals surface area contributed by atoms with Gasteiger partial charge in [0.1, 0.15) is 10.6 Å². The molecule has 142 valence electrons. The summed E-state index contributed by atoms with van der Waals surface area (Å²) in [5.41, 5.74) is 4.49. The summed E-state index contributed by atoms with van der Waals surface area (Å²) < 4.78 is 35.3. The van der Waals surface area contributed by atoms with Gasteiger partial charge in [0.2, 0.25) is 15.9 Å². The predicted molar refractivity (Wildman–Crippen MR) is 92.7 cm³/mol. The average molecular weight is 381 g/mol. The Morgan fingerprint density at radius 1 is 1.31 bits per heavy atom. The molecular weight excluding hydrogens is 358 g/mol. The molecule has 1 amide bonds. The van der Waals surface area contributed by atoms with Crippen molar-refractivity contribution in [2.24, 2.45) is 12.8 Å². The van der Waals surface area contributed by atoms with Crippen molar-refractivity contribution < 1.29 is 17.7 Å². The maximum atomic E-state index is 13.0. The van der Waals surface area contributed by atoms with Crippen molar-refractivity contribution in [3.8, 4) is 0 Å². The molecule has 0 saturated heterocycles. The highest BCUT2D eigenvalue weighted by Crippen LogP contribution is 2.36. The zero-order valence-corrected chi connectivity index (χ0v) is 15.7. The first-order valence-corrected chi connectivity index (χ1v) is 10.0. The average Bonchev–Trinajstić information content (AvgIpc) is 3.09. The molecule has 3 N–H and O–H groups in total. The van der Waals surface area contributed by atoms with Gasteiger partial charge in [-0.1, -0.05) is 30.8 Å². The summed E-state index contributed by atoms with van der Waals surface area (Å²) in [5.74, 6) is 0.0528. The lowest BCUT2D eigenvalue weighted by Crippen LogP contribution is -2.46. The molecule has 0 unspecified atom stereocenters. The summed E-state index contributed by atoms with van der Waals surface area (Å²) in [4.78, 5) is 15.7. The highest BCUT2D eigenvalue weighted by molar-refractivity contribution is 7.89. The number of aromatic nitrogens is 3. The molecule has 1 saturated carbocycles.